The first kappa shape index (κ1) is 19.7. The van der Waals surface area contributed by atoms with Crippen LogP contribution in [0.3, 0.4) is 0 Å². The predicted octanol–water partition coefficient (Wildman–Crippen LogP) is 3.49. The predicted molar refractivity (Wildman–Crippen MR) is 88.5 cm³/mol. The van der Waals surface area contributed by atoms with Gasteiger partial charge in [-0.1, -0.05) is 6.07 Å². The smallest absolute Gasteiger partial charge is 0.433 e. The summed E-state index contributed by atoms with van der Waals surface area (Å²) in [5.41, 5.74) is -0.345. The molecule has 6 nitrogen and oxygen atoms in total. The lowest BCUT2D eigenvalue weighted by molar-refractivity contribution is -0.141. The maximum Gasteiger partial charge on any atom is 0.433 e. The molecular weight excluding hydrogens is 349 g/mol. The van der Waals surface area contributed by atoms with E-state index in [0.717, 1.165) is 17.8 Å². The van der Waals surface area contributed by atoms with E-state index in [1.807, 2.05) is 0 Å². The second kappa shape index (κ2) is 7.35. The zero-order chi connectivity index (χ0) is 19.5. The minimum absolute atomic E-state index is 0.133. The molecule has 0 unspecified atom stereocenters. The Labute approximate surface area is 149 Å². The van der Waals surface area contributed by atoms with Crippen molar-refractivity contribution in [3.05, 3.63) is 47.5 Å². The number of alkyl carbamates (subject to hydrolysis) is 1. The van der Waals surface area contributed by atoms with Gasteiger partial charge < -0.3 is 10.1 Å². The molecule has 1 amide bonds. The Morgan fingerprint density at radius 1 is 1.23 bits per heavy atom. The molecule has 0 saturated carbocycles. The molecule has 2 aromatic heterocycles. The van der Waals surface area contributed by atoms with Crippen molar-refractivity contribution < 1.29 is 22.7 Å². The van der Waals surface area contributed by atoms with E-state index in [0.29, 0.717) is 5.56 Å². The highest BCUT2D eigenvalue weighted by molar-refractivity contribution is 5.67. The van der Waals surface area contributed by atoms with Crippen LogP contribution in [0.25, 0.3) is 0 Å². The van der Waals surface area contributed by atoms with Gasteiger partial charge in [-0.25, -0.2) is 4.79 Å². The molecule has 0 fully saturated rings. The van der Waals surface area contributed by atoms with E-state index < -0.39 is 29.5 Å². The fourth-order valence-corrected chi connectivity index (χ4v) is 2.33. The topological polar surface area (TPSA) is 69.0 Å². The Morgan fingerprint density at radius 2 is 1.92 bits per heavy atom. The summed E-state index contributed by atoms with van der Waals surface area (Å²) in [6.45, 7) is 5.36. The Balaban J connectivity index is 2.21. The number of hydrogen-bond donors (Lipinski definition) is 1. The molecule has 2 heterocycles. The van der Waals surface area contributed by atoms with Gasteiger partial charge in [-0.15, -0.1) is 0 Å². The highest BCUT2D eigenvalue weighted by Gasteiger charge is 2.32. The largest absolute Gasteiger partial charge is 0.444 e. The zero-order valence-corrected chi connectivity index (χ0v) is 15.0. The first-order valence-electron chi connectivity index (χ1n) is 7.94. The minimum atomic E-state index is -4.50. The first-order valence-corrected chi connectivity index (χ1v) is 7.94. The molecule has 0 spiro atoms. The van der Waals surface area contributed by atoms with Crippen LogP contribution < -0.4 is 5.32 Å². The number of nitrogens with one attached hydrogen (secondary N) is 1. The summed E-state index contributed by atoms with van der Waals surface area (Å²) in [5.74, 6) is -0.411. The molecule has 0 saturated heterocycles. The number of ether oxygens (including phenoxy) is 1. The summed E-state index contributed by atoms with van der Waals surface area (Å²) in [6, 6.07) is 2.27. The van der Waals surface area contributed by atoms with Crippen molar-refractivity contribution in [1.29, 1.82) is 0 Å². The van der Waals surface area contributed by atoms with Crippen LogP contribution in [-0.2, 0) is 18.0 Å². The summed E-state index contributed by atoms with van der Waals surface area (Å²) in [6.07, 6.45) is -0.613. The number of carbonyl (C=O) groups is 1. The zero-order valence-electron chi connectivity index (χ0n) is 15.0. The van der Waals surface area contributed by atoms with Gasteiger partial charge >= 0.3 is 12.3 Å². The van der Waals surface area contributed by atoms with Crippen LogP contribution in [0.1, 0.15) is 43.5 Å². The van der Waals surface area contributed by atoms with Gasteiger partial charge in [-0.05, 0) is 38.0 Å². The van der Waals surface area contributed by atoms with Gasteiger partial charge in [0.05, 0.1) is 6.20 Å². The number of pyridine rings is 1. The highest BCUT2D eigenvalue weighted by atomic mass is 19.4. The number of halogens is 3. The molecule has 0 aliphatic heterocycles. The van der Waals surface area contributed by atoms with E-state index in [-0.39, 0.29) is 6.54 Å². The molecule has 0 radical (unpaired) electrons. The third-order valence-corrected chi connectivity index (χ3v) is 3.46. The Morgan fingerprint density at radius 3 is 2.38 bits per heavy atom. The van der Waals surface area contributed by atoms with Crippen LogP contribution in [0.15, 0.2) is 30.7 Å². The monoisotopic (exact) mass is 370 g/mol. The van der Waals surface area contributed by atoms with E-state index in [1.165, 1.54) is 6.07 Å². The molecule has 1 atom stereocenters. The fourth-order valence-electron chi connectivity index (χ4n) is 2.33. The summed E-state index contributed by atoms with van der Waals surface area (Å²) >= 11 is 0. The average Bonchev–Trinajstić information content (AvgIpc) is 2.91. The number of aryl methyl sites for hydroxylation is 1. The molecule has 2 aromatic rings. The van der Waals surface area contributed by atoms with E-state index in [2.05, 4.69) is 15.4 Å². The van der Waals surface area contributed by atoms with Gasteiger partial charge in [-0.2, -0.15) is 18.3 Å². The van der Waals surface area contributed by atoms with E-state index in [4.69, 9.17) is 4.74 Å². The van der Waals surface area contributed by atoms with E-state index in [9.17, 15) is 18.0 Å². The number of nitrogens with zero attached hydrogens (tertiary/aromatic N) is 3. The van der Waals surface area contributed by atoms with Gasteiger partial charge in [0.25, 0.3) is 0 Å². The standard InChI is InChI=1S/C17H21F3N4O2/c1-16(2,3)26-15(25)22-9-13(12-8-23-24(4)10-12)11-5-6-14(21-7-11)17(18,19)20/h5-8,10,13H,9H2,1-4H3,(H,22,25)/t13-/m1/s1. The molecule has 9 heteroatoms. The van der Waals surface area contributed by atoms with Gasteiger partial charge in [-0.3, -0.25) is 9.67 Å². The molecule has 0 aliphatic rings. The Hall–Kier alpha value is -2.58. The van der Waals surface area contributed by atoms with Crippen LogP contribution in [-0.4, -0.2) is 33.0 Å². The SMILES string of the molecule is Cn1cc([C@H](CNC(=O)OC(C)(C)C)c2ccc(C(F)(F)F)nc2)cn1. The normalized spacial score (nSPS) is 13.3. The number of amides is 1. The Kier molecular flexibility index (Phi) is 5.58. The lowest BCUT2D eigenvalue weighted by Gasteiger charge is -2.22. The van der Waals surface area contributed by atoms with Gasteiger partial charge in [0.1, 0.15) is 11.3 Å². The molecule has 1 N–H and O–H groups in total. The highest BCUT2D eigenvalue weighted by Crippen LogP contribution is 2.29. The summed E-state index contributed by atoms with van der Waals surface area (Å²) in [5, 5.41) is 6.72. The molecule has 0 aromatic carbocycles. The molecule has 0 aliphatic carbocycles. The van der Waals surface area contributed by atoms with Crippen molar-refractivity contribution in [3.63, 3.8) is 0 Å². The van der Waals surface area contributed by atoms with Crippen molar-refractivity contribution in [2.75, 3.05) is 6.54 Å². The van der Waals surface area contributed by atoms with Crippen molar-refractivity contribution in [3.8, 4) is 0 Å². The van der Waals surface area contributed by atoms with Crippen molar-refractivity contribution in [2.45, 2.75) is 38.5 Å². The second-order valence-electron chi connectivity index (χ2n) is 6.86. The number of alkyl halides is 3. The molecule has 142 valence electrons. The van der Waals surface area contributed by atoms with Crippen LogP contribution in [0.2, 0.25) is 0 Å². The fraction of sp³-hybridized carbons (Fsp3) is 0.471. The van der Waals surface area contributed by atoms with Crippen molar-refractivity contribution in [1.82, 2.24) is 20.1 Å². The van der Waals surface area contributed by atoms with E-state index >= 15 is 0 Å². The van der Waals surface area contributed by atoms with Crippen LogP contribution in [0, 0.1) is 0 Å². The maximum absolute atomic E-state index is 12.7. The van der Waals surface area contributed by atoms with Gasteiger partial charge in [0, 0.05) is 31.9 Å². The van der Waals surface area contributed by atoms with E-state index in [1.54, 1.807) is 44.9 Å². The average molecular weight is 370 g/mol. The van der Waals surface area contributed by atoms with Crippen LogP contribution in [0.4, 0.5) is 18.0 Å². The molecule has 2 rings (SSSR count). The lowest BCUT2D eigenvalue weighted by atomic mass is 9.94. The van der Waals surface area contributed by atoms with Crippen molar-refractivity contribution in [2.24, 2.45) is 7.05 Å². The summed E-state index contributed by atoms with van der Waals surface area (Å²) in [4.78, 5) is 15.4. The summed E-state index contributed by atoms with van der Waals surface area (Å²) < 4.78 is 44.9. The second-order valence-corrected chi connectivity index (χ2v) is 6.86. The third kappa shape index (κ3) is 5.47. The minimum Gasteiger partial charge on any atom is -0.444 e. The first-order chi connectivity index (χ1) is 12.0. The van der Waals surface area contributed by atoms with Crippen LogP contribution >= 0.6 is 0 Å². The quantitative estimate of drug-likeness (QED) is 0.895. The molecule has 26 heavy (non-hydrogen) atoms. The number of hydrogen-bond acceptors (Lipinski definition) is 4. The van der Waals surface area contributed by atoms with Gasteiger partial charge in [0.2, 0.25) is 0 Å². The maximum atomic E-state index is 12.7. The molecule has 0 bridgehead atoms. The lowest BCUT2D eigenvalue weighted by Crippen LogP contribution is -2.35. The van der Waals surface area contributed by atoms with Crippen LogP contribution in [0.5, 0.6) is 0 Å². The summed E-state index contributed by atoms with van der Waals surface area (Å²) in [7, 11) is 1.73. The Bertz CT molecular complexity index is 749. The molecular formula is C17H21F3N4O2. The van der Waals surface area contributed by atoms with Crippen molar-refractivity contribution >= 4 is 6.09 Å². The van der Waals surface area contributed by atoms with Gasteiger partial charge in [0.15, 0.2) is 0 Å². The number of carbonyl (C=O) groups excluding carboxylic acids is 1. The number of aromatic nitrogens is 3. The third-order valence-electron chi connectivity index (χ3n) is 3.46. The number of rotatable bonds is 4.